The SMILES string of the molecule is COc1ccc(CN2CCN(CCc3ccccc3)C(CCO)C2)c(O)c1. The molecule has 2 N–H and O–H groups in total. The molecule has 1 aliphatic heterocycles. The summed E-state index contributed by atoms with van der Waals surface area (Å²) in [6, 6.07) is 16.4. The van der Waals surface area contributed by atoms with Crippen molar-refractivity contribution in [3.63, 3.8) is 0 Å². The first kappa shape index (κ1) is 19.7. The number of nitrogens with zero attached hydrogens (tertiary/aromatic N) is 2. The summed E-state index contributed by atoms with van der Waals surface area (Å²) in [6.07, 6.45) is 1.81. The Kier molecular flexibility index (Phi) is 7.10. The molecule has 0 amide bonds. The van der Waals surface area contributed by atoms with Gasteiger partial charge in [-0.2, -0.15) is 0 Å². The fourth-order valence-electron chi connectivity index (χ4n) is 3.78. The van der Waals surface area contributed by atoms with Crippen LogP contribution in [-0.4, -0.2) is 66.0 Å². The van der Waals surface area contributed by atoms with Crippen LogP contribution in [0.15, 0.2) is 48.5 Å². The number of methoxy groups -OCH3 is 1. The third kappa shape index (κ3) is 5.45. The fraction of sp³-hybridized carbons (Fsp3) is 0.455. The molecule has 27 heavy (non-hydrogen) atoms. The topological polar surface area (TPSA) is 56.2 Å². The normalized spacial score (nSPS) is 18.5. The third-order valence-electron chi connectivity index (χ3n) is 5.37. The van der Waals surface area contributed by atoms with Gasteiger partial charge in [0.2, 0.25) is 0 Å². The Balaban J connectivity index is 1.58. The molecule has 0 bridgehead atoms. The molecule has 3 rings (SSSR count). The van der Waals surface area contributed by atoms with E-state index in [1.54, 1.807) is 13.2 Å². The van der Waals surface area contributed by atoms with E-state index in [1.165, 1.54) is 5.56 Å². The van der Waals surface area contributed by atoms with Gasteiger partial charge < -0.3 is 14.9 Å². The van der Waals surface area contributed by atoms with Gasteiger partial charge in [-0.1, -0.05) is 36.4 Å². The first-order valence-corrected chi connectivity index (χ1v) is 9.66. The van der Waals surface area contributed by atoms with Crippen LogP contribution in [0.2, 0.25) is 0 Å². The number of phenols is 1. The number of hydrogen-bond acceptors (Lipinski definition) is 5. The molecule has 1 saturated heterocycles. The molecular weight excluding hydrogens is 340 g/mol. The first-order chi connectivity index (χ1) is 13.2. The maximum absolute atomic E-state index is 10.2. The van der Waals surface area contributed by atoms with Crippen LogP contribution >= 0.6 is 0 Å². The minimum atomic E-state index is 0.203. The van der Waals surface area contributed by atoms with E-state index in [4.69, 9.17) is 4.74 Å². The molecule has 1 aliphatic rings. The lowest BCUT2D eigenvalue weighted by atomic mass is 10.1. The van der Waals surface area contributed by atoms with Crippen molar-refractivity contribution in [2.24, 2.45) is 0 Å². The highest BCUT2D eigenvalue weighted by molar-refractivity contribution is 5.39. The van der Waals surface area contributed by atoms with Crippen LogP contribution in [0.1, 0.15) is 17.5 Å². The van der Waals surface area contributed by atoms with Crippen molar-refractivity contribution in [1.29, 1.82) is 0 Å². The summed E-state index contributed by atoms with van der Waals surface area (Å²) in [5.74, 6) is 0.944. The molecule has 2 aromatic carbocycles. The van der Waals surface area contributed by atoms with Crippen molar-refractivity contribution in [2.75, 3.05) is 39.9 Å². The molecule has 0 spiro atoms. The Morgan fingerprint density at radius 3 is 2.63 bits per heavy atom. The van der Waals surface area contributed by atoms with Crippen molar-refractivity contribution in [3.05, 3.63) is 59.7 Å². The number of aliphatic hydroxyl groups is 1. The van der Waals surface area contributed by atoms with E-state index in [0.717, 1.165) is 44.6 Å². The van der Waals surface area contributed by atoms with Crippen molar-refractivity contribution in [3.8, 4) is 11.5 Å². The fourth-order valence-corrected chi connectivity index (χ4v) is 3.78. The lowest BCUT2D eigenvalue weighted by Gasteiger charge is -2.41. The van der Waals surface area contributed by atoms with Gasteiger partial charge in [0, 0.05) is 57.0 Å². The summed E-state index contributed by atoms with van der Waals surface area (Å²) in [7, 11) is 1.60. The summed E-state index contributed by atoms with van der Waals surface area (Å²) in [5, 5.41) is 19.7. The number of phenolic OH excluding ortho intramolecular Hbond substituents is 1. The van der Waals surface area contributed by atoms with Gasteiger partial charge in [-0.05, 0) is 24.5 Å². The Morgan fingerprint density at radius 2 is 1.93 bits per heavy atom. The summed E-state index contributed by atoms with van der Waals surface area (Å²) in [6.45, 7) is 4.77. The maximum atomic E-state index is 10.2. The minimum Gasteiger partial charge on any atom is -0.507 e. The van der Waals surface area contributed by atoms with Crippen LogP contribution in [-0.2, 0) is 13.0 Å². The zero-order valence-corrected chi connectivity index (χ0v) is 16.1. The summed E-state index contributed by atoms with van der Waals surface area (Å²) >= 11 is 0. The van der Waals surface area contributed by atoms with Crippen LogP contribution in [0.4, 0.5) is 0 Å². The molecule has 0 aromatic heterocycles. The standard InChI is InChI=1S/C22H30N2O3/c1-27-21-8-7-19(22(26)15-21)16-23-12-13-24(20(17-23)10-14-25)11-9-18-5-3-2-4-6-18/h2-8,15,20,25-26H,9-14,16-17H2,1H3. The predicted octanol–water partition coefficient (Wildman–Crippen LogP) is 2.51. The molecule has 1 heterocycles. The van der Waals surface area contributed by atoms with Crippen molar-refractivity contribution in [2.45, 2.75) is 25.4 Å². The number of aromatic hydroxyl groups is 1. The average molecular weight is 370 g/mol. The predicted molar refractivity (Wildman–Crippen MR) is 107 cm³/mol. The highest BCUT2D eigenvalue weighted by Crippen LogP contribution is 2.25. The second-order valence-corrected chi connectivity index (χ2v) is 7.17. The van der Waals surface area contributed by atoms with Crippen molar-refractivity contribution < 1.29 is 14.9 Å². The Morgan fingerprint density at radius 1 is 1.11 bits per heavy atom. The molecule has 0 saturated carbocycles. The van der Waals surface area contributed by atoms with Gasteiger partial charge in [-0.25, -0.2) is 0 Å². The van der Waals surface area contributed by atoms with E-state index >= 15 is 0 Å². The summed E-state index contributed by atoms with van der Waals surface area (Å²) in [5.41, 5.74) is 2.27. The Bertz CT molecular complexity index is 708. The van der Waals surface area contributed by atoms with E-state index in [0.29, 0.717) is 18.3 Å². The van der Waals surface area contributed by atoms with Crippen LogP contribution in [0.3, 0.4) is 0 Å². The molecule has 1 fully saturated rings. The van der Waals surface area contributed by atoms with Crippen LogP contribution in [0, 0.1) is 0 Å². The highest BCUT2D eigenvalue weighted by atomic mass is 16.5. The Hall–Kier alpha value is -2.08. The monoisotopic (exact) mass is 370 g/mol. The van der Waals surface area contributed by atoms with Crippen molar-refractivity contribution in [1.82, 2.24) is 9.80 Å². The molecule has 0 radical (unpaired) electrons. The van der Waals surface area contributed by atoms with E-state index in [9.17, 15) is 10.2 Å². The molecule has 146 valence electrons. The van der Waals surface area contributed by atoms with Crippen molar-refractivity contribution >= 4 is 0 Å². The molecule has 5 heteroatoms. The van der Waals surface area contributed by atoms with Gasteiger partial charge in [0.25, 0.3) is 0 Å². The zero-order chi connectivity index (χ0) is 19.1. The van der Waals surface area contributed by atoms with Gasteiger partial charge in [-0.15, -0.1) is 0 Å². The van der Waals surface area contributed by atoms with E-state index in [1.807, 2.05) is 18.2 Å². The summed E-state index contributed by atoms with van der Waals surface area (Å²) in [4.78, 5) is 4.86. The lowest BCUT2D eigenvalue weighted by Crippen LogP contribution is -2.53. The molecule has 1 unspecified atom stereocenters. The second-order valence-electron chi connectivity index (χ2n) is 7.17. The molecule has 0 aliphatic carbocycles. The van der Waals surface area contributed by atoms with Gasteiger partial charge in [0.1, 0.15) is 11.5 Å². The van der Waals surface area contributed by atoms with E-state index < -0.39 is 0 Å². The summed E-state index contributed by atoms with van der Waals surface area (Å²) < 4.78 is 5.16. The number of benzene rings is 2. The number of rotatable bonds is 8. The smallest absolute Gasteiger partial charge is 0.123 e. The van der Waals surface area contributed by atoms with E-state index in [-0.39, 0.29) is 12.4 Å². The number of hydrogen-bond donors (Lipinski definition) is 2. The van der Waals surface area contributed by atoms with Gasteiger partial charge >= 0.3 is 0 Å². The number of piperazine rings is 1. The number of ether oxygens (including phenoxy) is 1. The largest absolute Gasteiger partial charge is 0.507 e. The maximum Gasteiger partial charge on any atom is 0.123 e. The van der Waals surface area contributed by atoms with Gasteiger partial charge in [0.15, 0.2) is 0 Å². The Labute approximate surface area is 161 Å². The minimum absolute atomic E-state index is 0.203. The zero-order valence-electron chi connectivity index (χ0n) is 16.1. The van der Waals surface area contributed by atoms with Gasteiger partial charge in [-0.3, -0.25) is 9.80 Å². The third-order valence-corrected chi connectivity index (χ3v) is 5.37. The average Bonchev–Trinajstić information content (AvgIpc) is 2.70. The van der Waals surface area contributed by atoms with Crippen LogP contribution in [0.25, 0.3) is 0 Å². The number of aliphatic hydroxyl groups excluding tert-OH is 1. The second kappa shape index (κ2) is 9.74. The van der Waals surface area contributed by atoms with Crippen LogP contribution in [0.5, 0.6) is 11.5 Å². The molecular formula is C22H30N2O3. The van der Waals surface area contributed by atoms with E-state index in [2.05, 4.69) is 34.1 Å². The highest BCUT2D eigenvalue weighted by Gasteiger charge is 2.26. The quantitative estimate of drug-likeness (QED) is 0.748. The molecule has 2 aromatic rings. The van der Waals surface area contributed by atoms with Gasteiger partial charge in [0.05, 0.1) is 7.11 Å². The van der Waals surface area contributed by atoms with Crippen LogP contribution < -0.4 is 4.74 Å². The lowest BCUT2D eigenvalue weighted by molar-refractivity contribution is 0.0558. The molecule has 5 nitrogen and oxygen atoms in total. The molecule has 1 atom stereocenters. The first-order valence-electron chi connectivity index (χ1n) is 9.66.